The molecule has 1 saturated heterocycles. The van der Waals surface area contributed by atoms with E-state index in [2.05, 4.69) is 4.72 Å². The van der Waals surface area contributed by atoms with E-state index in [1.54, 1.807) is 24.0 Å². The fourth-order valence-corrected chi connectivity index (χ4v) is 2.99. The van der Waals surface area contributed by atoms with Crippen molar-refractivity contribution in [3.63, 3.8) is 0 Å². The lowest BCUT2D eigenvalue weighted by Crippen LogP contribution is -2.32. The molecule has 116 valence electrons. The SMILES string of the molecule is CCS(=O)(=O)NCC1CC(=O)N(Cc2ccc(F)cc2)C1. The number of benzene rings is 1. The fraction of sp³-hybridized carbons (Fsp3) is 0.500. The monoisotopic (exact) mass is 314 g/mol. The number of rotatable bonds is 6. The largest absolute Gasteiger partial charge is 0.338 e. The number of hydrogen-bond donors (Lipinski definition) is 1. The van der Waals surface area contributed by atoms with Gasteiger partial charge in [-0.2, -0.15) is 0 Å². The average Bonchev–Trinajstić information content (AvgIpc) is 2.80. The number of carbonyl (C=O) groups is 1. The zero-order valence-electron chi connectivity index (χ0n) is 11.9. The van der Waals surface area contributed by atoms with E-state index in [1.165, 1.54) is 12.1 Å². The van der Waals surface area contributed by atoms with Gasteiger partial charge >= 0.3 is 0 Å². The first kappa shape index (κ1) is 15.9. The summed E-state index contributed by atoms with van der Waals surface area (Å²) in [5, 5.41) is 0. The Bertz CT molecular complexity index is 601. The van der Waals surface area contributed by atoms with Crippen LogP contribution in [-0.4, -0.2) is 38.1 Å². The van der Waals surface area contributed by atoms with Crippen LogP contribution in [0.4, 0.5) is 4.39 Å². The van der Waals surface area contributed by atoms with Gasteiger partial charge < -0.3 is 4.90 Å². The predicted molar refractivity (Wildman–Crippen MR) is 77.4 cm³/mol. The Morgan fingerprint density at radius 3 is 2.62 bits per heavy atom. The van der Waals surface area contributed by atoms with Gasteiger partial charge in [-0.25, -0.2) is 17.5 Å². The predicted octanol–water partition coefficient (Wildman–Crippen LogP) is 1.11. The Morgan fingerprint density at radius 2 is 2.00 bits per heavy atom. The normalized spacial score (nSPS) is 19.2. The van der Waals surface area contributed by atoms with Crippen molar-refractivity contribution >= 4 is 15.9 Å². The molecule has 1 amide bonds. The van der Waals surface area contributed by atoms with Crippen molar-refractivity contribution in [3.05, 3.63) is 35.6 Å². The van der Waals surface area contributed by atoms with E-state index < -0.39 is 10.0 Å². The van der Waals surface area contributed by atoms with Crippen LogP contribution in [0.2, 0.25) is 0 Å². The highest BCUT2D eigenvalue weighted by Crippen LogP contribution is 2.20. The third-order valence-electron chi connectivity index (χ3n) is 3.55. The van der Waals surface area contributed by atoms with Crippen molar-refractivity contribution in [2.75, 3.05) is 18.8 Å². The van der Waals surface area contributed by atoms with Crippen molar-refractivity contribution < 1.29 is 17.6 Å². The van der Waals surface area contributed by atoms with Crippen molar-refractivity contribution in [1.29, 1.82) is 0 Å². The van der Waals surface area contributed by atoms with Gasteiger partial charge in [0.05, 0.1) is 5.75 Å². The first-order chi connectivity index (χ1) is 9.89. The van der Waals surface area contributed by atoms with Crippen molar-refractivity contribution in [2.45, 2.75) is 19.9 Å². The minimum atomic E-state index is -3.23. The Kier molecular flexibility index (Phi) is 4.95. The second-order valence-corrected chi connectivity index (χ2v) is 7.32. The van der Waals surface area contributed by atoms with E-state index in [0.29, 0.717) is 19.5 Å². The van der Waals surface area contributed by atoms with Crippen molar-refractivity contribution in [1.82, 2.24) is 9.62 Å². The highest BCUT2D eigenvalue weighted by molar-refractivity contribution is 7.89. The molecule has 0 aromatic heterocycles. The van der Waals surface area contributed by atoms with Gasteiger partial charge in [0, 0.05) is 26.1 Å². The molecule has 0 bridgehead atoms. The van der Waals surface area contributed by atoms with E-state index in [9.17, 15) is 17.6 Å². The smallest absolute Gasteiger partial charge is 0.223 e. The average molecular weight is 314 g/mol. The van der Waals surface area contributed by atoms with Crippen LogP contribution in [0.1, 0.15) is 18.9 Å². The Balaban J connectivity index is 1.89. The molecule has 0 saturated carbocycles. The maximum Gasteiger partial charge on any atom is 0.223 e. The molecule has 21 heavy (non-hydrogen) atoms. The summed E-state index contributed by atoms with van der Waals surface area (Å²) in [7, 11) is -3.23. The number of nitrogens with one attached hydrogen (secondary N) is 1. The third kappa shape index (κ3) is 4.50. The zero-order valence-corrected chi connectivity index (χ0v) is 12.7. The summed E-state index contributed by atoms with van der Waals surface area (Å²) in [6, 6.07) is 6.02. The molecule has 0 radical (unpaired) electrons. The zero-order chi connectivity index (χ0) is 15.5. The minimum absolute atomic E-state index is 0.0000198. The van der Waals surface area contributed by atoms with E-state index in [-0.39, 0.29) is 29.9 Å². The molecule has 1 aliphatic heterocycles. The minimum Gasteiger partial charge on any atom is -0.338 e. The quantitative estimate of drug-likeness (QED) is 0.855. The lowest BCUT2D eigenvalue weighted by atomic mass is 10.1. The third-order valence-corrected chi connectivity index (χ3v) is 4.92. The van der Waals surface area contributed by atoms with Gasteiger partial charge in [-0.15, -0.1) is 0 Å². The van der Waals surface area contributed by atoms with Crippen LogP contribution < -0.4 is 4.72 Å². The number of halogens is 1. The molecule has 1 heterocycles. The maximum absolute atomic E-state index is 12.8. The van der Waals surface area contributed by atoms with Gasteiger partial charge in [0.15, 0.2) is 0 Å². The van der Waals surface area contributed by atoms with Crippen LogP contribution in [0.3, 0.4) is 0 Å². The number of likely N-dealkylation sites (tertiary alicyclic amines) is 1. The number of amides is 1. The van der Waals surface area contributed by atoms with Crippen molar-refractivity contribution in [3.8, 4) is 0 Å². The van der Waals surface area contributed by atoms with E-state index in [0.717, 1.165) is 5.56 Å². The van der Waals surface area contributed by atoms with Gasteiger partial charge in [0.2, 0.25) is 15.9 Å². The van der Waals surface area contributed by atoms with Crippen LogP contribution in [0.5, 0.6) is 0 Å². The van der Waals surface area contributed by atoms with Crippen LogP contribution >= 0.6 is 0 Å². The highest BCUT2D eigenvalue weighted by atomic mass is 32.2. The van der Waals surface area contributed by atoms with Crippen molar-refractivity contribution in [2.24, 2.45) is 5.92 Å². The molecular formula is C14H19FN2O3S. The summed E-state index contributed by atoms with van der Waals surface area (Å²) < 4.78 is 38.1. The molecular weight excluding hydrogens is 295 g/mol. The highest BCUT2D eigenvalue weighted by Gasteiger charge is 2.30. The number of carbonyl (C=O) groups excluding carboxylic acids is 1. The molecule has 1 unspecified atom stereocenters. The maximum atomic E-state index is 12.8. The van der Waals surface area contributed by atoms with Gasteiger partial charge in [0.1, 0.15) is 5.82 Å². The second kappa shape index (κ2) is 6.53. The molecule has 1 N–H and O–H groups in total. The fourth-order valence-electron chi connectivity index (χ4n) is 2.30. The van der Waals surface area contributed by atoms with Crippen LogP contribution in [-0.2, 0) is 21.4 Å². The summed E-state index contributed by atoms with van der Waals surface area (Å²) in [6.07, 6.45) is 0.341. The molecule has 2 rings (SSSR count). The summed E-state index contributed by atoms with van der Waals surface area (Å²) in [6.45, 7) is 2.80. The van der Waals surface area contributed by atoms with Crippen LogP contribution in [0.25, 0.3) is 0 Å². The summed E-state index contributed by atoms with van der Waals surface area (Å²) in [5.74, 6) is -0.287. The Labute approximate surface area is 124 Å². The second-order valence-electron chi connectivity index (χ2n) is 5.22. The molecule has 1 fully saturated rings. The van der Waals surface area contributed by atoms with Gasteiger partial charge in [-0.1, -0.05) is 12.1 Å². The molecule has 5 nitrogen and oxygen atoms in total. The Morgan fingerprint density at radius 1 is 1.33 bits per heavy atom. The number of hydrogen-bond acceptors (Lipinski definition) is 3. The Hall–Kier alpha value is -1.47. The van der Waals surface area contributed by atoms with E-state index in [4.69, 9.17) is 0 Å². The summed E-state index contributed by atoms with van der Waals surface area (Å²) in [4.78, 5) is 13.6. The standard InChI is InChI=1S/C14H19FN2O3S/c1-2-21(19,20)16-8-12-7-14(18)17(10-12)9-11-3-5-13(15)6-4-11/h3-6,12,16H,2,7-10H2,1H3. The van der Waals surface area contributed by atoms with E-state index >= 15 is 0 Å². The molecule has 7 heteroatoms. The van der Waals surface area contributed by atoms with Crippen LogP contribution in [0, 0.1) is 11.7 Å². The topological polar surface area (TPSA) is 66.5 Å². The molecule has 1 atom stereocenters. The molecule has 1 aromatic carbocycles. The lowest BCUT2D eigenvalue weighted by molar-refractivity contribution is -0.128. The molecule has 1 aliphatic rings. The number of sulfonamides is 1. The first-order valence-electron chi connectivity index (χ1n) is 6.89. The lowest BCUT2D eigenvalue weighted by Gasteiger charge is -2.17. The molecule has 0 spiro atoms. The molecule has 1 aromatic rings. The van der Waals surface area contributed by atoms with Gasteiger partial charge in [-0.05, 0) is 30.5 Å². The number of nitrogens with zero attached hydrogens (tertiary/aromatic N) is 1. The van der Waals surface area contributed by atoms with Gasteiger partial charge in [0.25, 0.3) is 0 Å². The first-order valence-corrected chi connectivity index (χ1v) is 8.54. The van der Waals surface area contributed by atoms with Gasteiger partial charge in [-0.3, -0.25) is 4.79 Å². The van der Waals surface area contributed by atoms with Crippen LogP contribution in [0.15, 0.2) is 24.3 Å². The van der Waals surface area contributed by atoms with E-state index in [1.807, 2.05) is 0 Å². The summed E-state index contributed by atoms with van der Waals surface area (Å²) >= 11 is 0. The summed E-state index contributed by atoms with van der Waals surface area (Å²) in [5.41, 5.74) is 0.861. The molecule has 0 aliphatic carbocycles.